The van der Waals surface area contributed by atoms with Gasteiger partial charge in [0.15, 0.2) is 5.76 Å². The van der Waals surface area contributed by atoms with E-state index in [1.54, 1.807) is 38.3 Å². The van der Waals surface area contributed by atoms with Gasteiger partial charge >= 0.3 is 0 Å². The maximum absolute atomic E-state index is 13.8. The number of rotatable bonds is 9. The summed E-state index contributed by atoms with van der Waals surface area (Å²) in [6.45, 7) is 2.14. The number of aliphatic hydroxyl groups is 1. The average molecular weight is 533 g/mol. The number of amides is 1. The Morgan fingerprint density at radius 1 is 1.05 bits per heavy atom. The van der Waals surface area contributed by atoms with Crippen molar-refractivity contribution in [1.82, 2.24) is 9.88 Å². The minimum atomic E-state index is -0.707. The van der Waals surface area contributed by atoms with Gasteiger partial charge in [-0.1, -0.05) is 36.4 Å². The van der Waals surface area contributed by atoms with Crippen LogP contribution in [0.2, 0.25) is 0 Å². The standard InChI is InChI=1S/C28H24N2O5S2/c1-17-26(37-27(29-17)18-7-4-3-5-8-18)24(31)22-23(21-9-6-16-36-21)30(28(33)25(22)32)14-15-35-20-12-10-19(34-2)11-13-20/h3-13,16,23,32H,14-15H2,1-2H3. The molecular formula is C28H24N2O5S2. The topological polar surface area (TPSA) is 89.0 Å². The van der Waals surface area contributed by atoms with E-state index >= 15 is 0 Å². The van der Waals surface area contributed by atoms with Crippen LogP contribution in [0.15, 0.2) is 83.4 Å². The Hall–Kier alpha value is -3.95. The molecule has 1 unspecified atom stereocenters. The van der Waals surface area contributed by atoms with E-state index in [1.807, 2.05) is 47.8 Å². The number of carbonyl (C=O) groups excluding carboxylic acids is 2. The molecule has 5 rings (SSSR count). The number of methoxy groups -OCH3 is 1. The van der Waals surface area contributed by atoms with Gasteiger partial charge < -0.3 is 19.5 Å². The highest BCUT2D eigenvalue weighted by Gasteiger charge is 2.45. The Labute approximate surface area is 222 Å². The first kappa shape index (κ1) is 24.7. The Morgan fingerprint density at radius 3 is 2.46 bits per heavy atom. The molecule has 0 saturated carbocycles. The molecule has 1 atom stereocenters. The molecule has 7 nitrogen and oxygen atoms in total. The van der Waals surface area contributed by atoms with Crippen molar-refractivity contribution in [2.24, 2.45) is 0 Å². The predicted octanol–water partition coefficient (Wildman–Crippen LogP) is 5.85. The highest BCUT2D eigenvalue weighted by atomic mass is 32.1. The molecule has 0 fully saturated rings. The molecule has 9 heteroatoms. The highest BCUT2D eigenvalue weighted by Crippen LogP contribution is 2.42. The summed E-state index contributed by atoms with van der Waals surface area (Å²) >= 11 is 2.69. The number of hydrogen-bond donors (Lipinski definition) is 1. The van der Waals surface area contributed by atoms with Crippen LogP contribution in [0, 0.1) is 6.92 Å². The number of nitrogens with zero attached hydrogens (tertiary/aromatic N) is 2. The van der Waals surface area contributed by atoms with Gasteiger partial charge in [0.1, 0.15) is 23.1 Å². The molecule has 188 valence electrons. The lowest BCUT2D eigenvalue weighted by Crippen LogP contribution is -2.34. The van der Waals surface area contributed by atoms with Crippen LogP contribution in [0.5, 0.6) is 11.5 Å². The number of carbonyl (C=O) groups is 2. The lowest BCUT2D eigenvalue weighted by atomic mass is 10.0. The van der Waals surface area contributed by atoms with Crippen LogP contribution in [-0.4, -0.2) is 46.9 Å². The number of aliphatic hydroxyl groups excluding tert-OH is 1. The third-order valence-corrected chi connectivity index (χ3v) is 8.17. The molecule has 3 heterocycles. The molecule has 1 N–H and O–H groups in total. The third kappa shape index (κ3) is 4.87. The summed E-state index contributed by atoms with van der Waals surface area (Å²) in [6, 6.07) is 19.8. The van der Waals surface area contributed by atoms with E-state index in [9.17, 15) is 14.7 Å². The number of Topliss-reactive ketones (excluding diaryl/α,β-unsaturated/α-hetero) is 1. The Balaban J connectivity index is 1.41. The monoisotopic (exact) mass is 532 g/mol. The van der Waals surface area contributed by atoms with E-state index < -0.39 is 17.7 Å². The number of benzene rings is 2. The quantitative estimate of drug-likeness (QED) is 0.272. The third-order valence-electron chi connectivity index (χ3n) is 6.04. The first-order valence-electron chi connectivity index (χ1n) is 11.6. The Kier molecular flexibility index (Phi) is 7.07. The summed E-state index contributed by atoms with van der Waals surface area (Å²) < 4.78 is 11.0. The van der Waals surface area contributed by atoms with Gasteiger partial charge in [-0.3, -0.25) is 9.59 Å². The molecular weight excluding hydrogens is 508 g/mol. The van der Waals surface area contributed by atoms with Gasteiger partial charge in [0.05, 0.1) is 35.8 Å². The van der Waals surface area contributed by atoms with Crippen LogP contribution in [0.1, 0.15) is 26.3 Å². The minimum Gasteiger partial charge on any atom is -0.503 e. The summed E-state index contributed by atoms with van der Waals surface area (Å²) in [5, 5.41) is 13.5. The molecule has 0 radical (unpaired) electrons. The summed E-state index contributed by atoms with van der Waals surface area (Å²) in [6.07, 6.45) is 0. The van der Waals surface area contributed by atoms with Crippen LogP contribution in [-0.2, 0) is 4.79 Å². The predicted molar refractivity (Wildman–Crippen MR) is 144 cm³/mol. The van der Waals surface area contributed by atoms with Gasteiger partial charge in [0, 0.05) is 10.4 Å². The molecule has 2 aromatic carbocycles. The maximum Gasteiger partial charge on any atom is 0.290 e. The first-order valence-corrected chi connectivity index (χ1v) is 13.3. The number of thiazole rings is 1. The molecule has 0 aliphatic carbocycles. The van der Waals surface area contributed by atoms with Crippen molar-refractivity contribution in [3.05, 3.63) is 98.9 Å². The van der Waals surface area contributed by atoms with Crippen molar-refractivity contribution in [1.29, 1.82) is 0 Å². The van der Waals surface area contributed by atoms with E-state index in [0.717, 1.165) is 10.4 Å². The Bertz CT molecular complexity index is 1440. The number of thiophene rings is 1. The lowest BCUT2D eigenvalue weighted by molar-refractivity contribution is -0.129. The smallest absolute Gasteiger partial charge is 0.290 e. The lowest BCUT2D eigenvalue weighted by Gasteiger charge is -2.25. The van der Waals surface area contributed by atoms with Crippen LogP contribution in [0.25, 0.3) is 10.6 Å². The van der Waals surface area contributed by atoms with Gasteiger partial charge in [-0.05, 0) is 42.6 Å². The summed E-state index contributed by atoms with van der Waals surface area (Å²) in [7, 11) is 1.59. The number of hydrogen-bond acceptors (Lipinski definition) is 8. The fourth-order valence-electron chi connectivity index (χ4n) is 4.23. The van der Waals surface area contributed by atoms with Gasteiger partial charge in [-0.2, -0.15) is 0 Å². The molecule has 4 aromatic rings. The molecule has 0 bridgehead atoms. The normalized spacial score (nSPS) is 15.4. The van der Waals surface area contributed by atoms with Gasteiger partial charge in [-0.25, -0.2) is 4.98 Å². The fourth-order valence-corrected chi connectivity index (χ4v) is 6.10. The molecule has 1 aliphatic heterocycles. The Morgan fingerprint density at radius 2 is 1.78 bits per heavy atom. The molecule has 37 heavy (non-hydrogen) atoms. The van der Waals surface area contributed by atoms with Gasteiger partial charge in [0.2, 0.25) is 5.78 Å². The molecule has 1 amide bonds. The average Bonchev–Trinajstić information content (AvgIpc) is 3.65. The van der Waals surface area contributed by atoms with Crippen molar-refractivity contribution < 1.29 is 24.2 Å². The maximum atomic E-state index is 13.8. The summed E-state index contributed by atoms with van der Waals surface area (Å²) in [4.78, 5) is 34.3. The van der Waals surface area contributed by atoms with Gasteiger partial charge in [-0.15, -0.1) is 22.7 Å². The largest absolute Gasteiger partial charge is 0.503 e. The zero-order valence-corrected chi connectivity index (χ0v) is 21.8. The number of ketones is 1. The summed E-state index contributed by atoms with van der Waals surface area (Å²) in [5.74, 6) is -0.166. The first-order chi connectivity index (χ1) is 18.0. The van der Waals surface area contributed by atoms with Crippen molar-refractivity contribution in [2.75, 3.05) is 20.3 Å². The fraction of sp³-hybridized carbons (Fsp3) is 0.179. The van der Waals surface area contributed by atoms with Gasteiger partial charge in [0.25, 0.3) is 5.91 Å². The van der Waals surface area contributed by atoms with E-state index in [-0.39, 0.29) is 24.5 Å². The van der Waals surface area contributed by atoms with Crippen molar-refractivity contribution in [3.63, 3.8) is 0 Å². The number of ether oxygens (including phenoxy) is 2. The molecule has 0 saturated heterocycles. The van der Waals surface area contributed by atoms with E-state index in [4.69, 9.17) is 9.47 Å². The number of aryl methyl sites for hydroxylation is 1. The van der Waals surface area contributed by atoms with Crippen molar-refractivity contribution in [3.8, 4) is 22.1 Å². The highest BCUT2D eigenvalue weighted by molar-refractivity contribution is 7.17. The zero-order valence-electron chi connectivity index (χ0n) is 20.2. The van der Waals surface area contributed by atoms with Crippen molar-refractivity contribution >= 4 is 34.4 Å². The number of aromatic nitrogens is 1. The second-order valence-electron chi connectivity index (χ2n) is 8.33. The van der Waals surface area contributed by atoms with E-state index in [1.165, 1.54) is 27.6 Å². The van der Waals surface area contributed by atoms with Crippen LogP contribution >= 0.6 is 22.7 Å². The van der Waals surface area contributed by atoms with Crippen LogP contribution < -0.4 is 9.47 Å². The SMILES string of the molecule is COc1ccc(OCCN2C(=O)C(O)=C(C(=O)c3sc(-c4ccccc4)nc3C)C2c2cccs2)cc1. The van der Waals surface area contributed by atoms with E-state index in [0.29, 0.717) is 27.1 Å². The molecule has 2 aromatic heterocycles. The molecule has 1 aliphatic rings. The second kappa shape index (κ2) is 10.6. The summed E-state index contributed by atoms with van der Waals surface area (Å²) in [5.41, 5.74) is 1.54. The second-order valence-corrected chi connectivity index (χ2v) is 10.3. The zero-order chi connectivity index (χ0) is 25.9. The van der Waals surface area contributed by atoms with E-state index in [2.05, 4.69) is 4.98 Å². The van der Waals surface area contributed by atoms with Crippen molar-refractivity contribution in [2.45, 2.75) is 13.0 Å². The minimum absolute atomic E-state index is 0.0725. The van der Waals surface area contributed by atoms with Crippen LogP contribution in [0.4, 0.5) is 0 Å². The molecule has 0 spiro atoms. The van der Waals surface area contributed by atoms with Crippen LogP contribution in [0.3, 0.4) is 0 Å².